The molecule has 0 fully saturated rings. The van der Waals surface area contributed by atoms with Crippen LogP contribution in [0.15, 0.2) is 18.3 Å². The number of aromatic nitrogens is 1. The highest BCUT2D eigenvalue weighted by molar-refractivity contribution is 5.80. The van der Waals surface area contributed by atoms with E-state index in [9.17, 15) is 4.79 Å². The maximum atomic E-state index is 11.8. The van der Waals surface area contributed by atoms with Gasteiger partial charge in [0, 0.05) is 33.4 Å². The Morgan fingerprint density at radius 3 is 2.52 bits per heavy atom. The second-order valence-corrected chi connectivity index (χ2v) is 5.85. The van der Waals surface area contributed by atoms with E-state index in [2.05, 4.69) is 30.2 Å². The predicted molar refractivity (Wildman–Crippen MR) is 87.4 cm³/mol. The Bertz CT molecular complexity index is 428. The molecule has 0 atom stereocenters. The van der Waals surface area contributed by atoms with Gasteiger partial charge in [0.1, 0.15) is 5.82 Å². The molecule has 0 spiro atoms. The van der Waals surface area contributed by atoms with Gasteiger partial charge in [0.05, 0.1) is 6.54 Å². The maximum absolute atomic E-state index is 11.8. The first kappa shape index (κ1) is 17.4. The van der Waals surface area contributed by atoms with E-state index in [0.29, 0.717) is 12.5 Å². The molecule has 1 amide bonds. The van der Waals surface area contributed by atoms with Crippen molar-refractivity contribution in [2.45, 2.75) is 27.3 Å². The van der Waals surface area contributed by atoms with E-state index >= 15 is 0 Å². The van der Waals surface area contributed by atoms with E-state index in [1.54, 1.807) is 19.0 Å². The minimum absolute atomic E-state index is 0.0846. The zero-order valence-electron chi connectivity index (χ0n) is 13.9. The number of pyridine rings is 1. The van der Waals surface area contributed by atoms with Gasteiger partial charge in [-0.05, 0) is 31.0 Å². The van der Waals surface area contributed by atoms with Gasteiger partial charge < -0.3 is 15.1 Å². The standard InChI is InChI=1S/C16H28N4O/c1-6-20(12-16(21)19(4)5)15-8-7-14(11-18-15)10-17-9-13(2)3/h7-8,11,13,17H,6,9-10,12H2,1-5H3. The Hall–Kier alpha value is -1.62. The van der Waals surface area contributed by atoms with E-state index in [0.717, 1.165) is 31.0 Å². The molecule has 0 aromatic carbocycles. The zero-order chi connectivity index (χ0) is 15.8. The SMILES string of the molecule is CCN(CC(=O)N(C)C)c1ccc(CNCC(C)C)cn1. The third-order valence-corrected chi connectivity index (χ3v) is 3.22. The quantitative estimate of drug-likeness (QED) is 0.793. The number of carbonyl (C=O) groups excluding carboxylic acids is 1. The second kappa shape index (κ2) is 8.62. The van der Waals surface area contributed by atoms with Gasteiger partial charge in [-0.15, -0.1) is 0 Å². The summed E-state index contributed by atoms with van der Waals surface area (Å²) in [7, 11) is 3.54. The zero-order valence-corrected chi connectivity index (χ0v) is 13.9. The summed E-state index contributed by atoms with van der Waals surface area (Å²) in [6.45, 7) is 9.36. The lowest BCUT2D eigenvalue weighted by Gasteiger charge is -2.23. The molecule has 1 heterocycles. The molecule has 0 aliphatic carbocycles. The number of hydrogen-bond acceptors (Lipinski definition) is 4. The minimum atomic E-state index is 0.0846. The minimum Gasteiger partial charge on any atom is -0.348 e. The van der Waals surface area contributed by atoms with Crippen LogP contribution in [0.1, 0.15) is 26.3 Å². The molecular weight excluding hydrogens is 264 g/mol. The topological polar surface area (TPSA) is 48.5 Å². The van der Waals surface area contributed by atoms with Crippen LogP contribution in [0.3, 0.4) is 0 Å². The summed E-state index contributed by atoms with van der Waals surface area (Å²) in [4.78, 5) is 19.9. The summed E-state index contributed by atoms with van der Waals surface area (Å²) in [5.41, 5.74) is 1.16. The third kappa shape index (κ3) is 6.12. The number of nitrogens with zero attached hydrogens (tertiary/aromatic N) is 3. The van der Waals surface area contributed by atoms with Crippen molar-refractivity contribution < 1.29 is 4.79 Å². The molecule has 1 aromatic heterocycles. The van der Waals surface area contributed by atoms with Crippen LogP contribution in [0.5, 0.6) is 0 Å². The molecule has 21 heavy (non-hydrogen) atoms. The summed E-state index contributed by atoms with van der Waals surface area (Å²) in [5, 5.41) is 3.40. The van der Waals surface area contributed by atoms with Gasteiger partial charge in [-0.2, -0.15) is 0 Å². The third-order valence-electron chi connectivity index (χ3n) is 3.22. The number of anilines is 1. The molecular formula is C16H28N4O. The Labute approximate surface area is 128 Å². The summed E-state index contributed by atoms with van der Waals surface area (Å²) in [6, 6.07) is 4.05. The molecule has 0 unspecified atom stereocenters. The number of hydrogen-bond donors (Lipinski definition) is 1. The van der Waals surface area contributed by atoms with Gasteiger partial charge in [-0.25, -0.2) is 4.98 Å². The van der Waals surface area contributed by atoms with E-state index in [1.165, 1.54) is 0 Å². The smallest absolute Gasteiger partial charge is 0.241 e. The van der Waals surface area contributed by atoms with Gasteiger partial charge in [0.15, 0.2) is 0 Å². The Morgan fingerprint density at radius 1 is 1.33 bits per heavy atom. The number of carbonyl (C=O) groups is 1. The van der Waals surface area contributed by atoms with E-state index in [4.69, 9.17) is 0 Å². The fourth-order valence-corrected chi connectivity index (χ4v) is 1.87. The van der Waals surface area contributed by atoms with Crippen molar-refractivity contribution in [2.24, 2.45) is 5.92 Å². The summed E-state index contributed by atoms with van der Waals surface area (Å²) in [5.74, 6) is 1.58. The van der Waals surface area contributed by atoms with Crippen molar-refractivity contribution >= 4 is 11.7 Å². The lowest BCUT2D eigenvalue weighted by atomic mass is 10.2. The lowest BCUT2D eigenvalue weighted by molar-refractivity contribution is -0.127. The molecule has 1 rings (SSSR count). The second-order valence-electron chi connectivity index (χ2n) is 5.85. The van der Waals surface area contributed by atoms with Crippen LogP contribution in [0.25, 0.3) is 0 Å². The molecule has 1 aromatic rings. The van der Waals surface area contributed by atoms with Gasteiger partial charge in [-0.1, -0.05) is 19.9 Å². The van der Waals surface area contributed by atoms with Crippen molar-refractivity contribution in [3.05, 3.63) is 23.9 Å². The van der Waals surface area contributed by atoms with Crippen molar-refractivity contribution in [3.63, 3.8) is 0 Å². The first-order valence-corrected chi connectivity index (χ1v) is 7.54. The van der Waals surface area contributed by atoms with E-state index in [1.807, 2.05) is 24.1 Å². The average Bonchev–Trinajstić information content (AvgIpc) is 2.45. The average molecular weight is 292 g/mol. The lowest BCUT2D eigenvalue weighted by Crippen LogP contribution is -2.37. The molecule has 0 saturated heterocycles. The van der Waals surface area contributed by atoms with Crippen LogP contribution in [-0.2, 0) is 11.3 Å². The van der Waals surface area contributed by atoms with Gasteiger partial charge in [-0.3, -0.25) is 4.79 Å². The van der Waals surface area contributed by atoms with E-state index in [-0.39, 0.29) is 5.91 Å². The van der Waals surface area contributed by atoms with E-state index < -0.39 is 0 Å². The van der Waals surface area contributed by atoms with Crippen LogP contribution < -0.4 is 10.2 Å². The summed E-state index contributed by atoms with van der Waals surface area (Å²) < 4.78 is 0. The Kier molecular flexibility index (Phi) is 7.15. The number of amides is 1. The first-order chi connectivity index (χ1) is 9.93. The number of nitrogens with one attached hydrogen (secondary N) is 1. The van der Waals surface area contributed by atoms with Crippen LogP contribution in [0.4, 0.5) is 5.82 Å². The fourth-order valence-electron chi connectivity index (χ4n) is 1.87. The van der Waals surface area contributed by atoms with Gasteiger partial charge >= 0.3 is 0 Å². The number of rotatable bonds is 8. The fraction of sp³-hybridized carbons (Fsp3) is 0.625. The van der Waals surface area contributed by atoms with Gasteiger partial charge in [0.25, 0.3) is 0 Å². The Balaban J connectivity index is 2.60. The summed E-state index contributed by atoms with van der Waals surface area (Å²) >= 11 is 0. The van der Waals surface area contributed by atoms with Gasteiger partial charge in [0.2, 0.25) is 5.91 Å². The molecule has 1 N–H and O–H groups in total. The molecule has 0 saturated carbocycles. The van der Waals surface area contributed by atoms with Crippen molar-refractivity contribution in [2.75, 3.05) is 38.6 Å². The highest BCUT2D eigenvalue weighted by atomic mass is 16.2. The molecule has 0 bridgehead atoms. The highest BCUT2D eigenvalue weighted by Gasteiger charge is 2.12. The maximum Gasteiger partial charge on any atom is 0.241 e. The first-order valence-electron chi connectivity index (χ1n) is 7.54. The summed E-state index contributed by atoms with van der Waals surface area (Å²) in [6.07, 6.45) is 1.88. The normalized spacial score (nSPS) is 10.8. The molecule has 5 nitrogen and oxygen atoms in total. The van der Waals surface area contributed by atoms with Crippen LogP contribution >= 0.6 is 0 Å². The molecule has 0 aliphatic heterocycles. The van der Waals surface area contributed by atoms with Crippen LogP contribution in [0, 0.1) is 5.92 Å². The van der Waals surface area contributed by atoms with Crippen LogP contribution in [-0.4, -0.2) is 49.5 Å². The predicted octanol–water partition coefficient (Wildman–Crippen LogP) is 1.74. The molecule has 0 aliphatic rings. The number of likely N-dealkylation sites (N-methyl/N-ethyl adjacent to an activating group) is 2. The monoisotopic (exact) mass is 292 g/mol. The Morgan fingerprint density at radius 2 is 2.05 bits per heavy atom. The molecule has 118 valence electrons. The highest BCUT2D eigenvalue weighted by Crippen LogP contribution is 2.11. The largest absolute Gasteiger partial charge is 0.348 e. The van der Waals surface area contributed by atoms with Crippen molar-refractivity contribution in [1.29, 1.82) is 0 Å². The van der Waals surface area contributed by atoms with Crippen LogP contribution in [0.2, 0.25) is 0 Å². The molecule has 0 radical (unpaired) electrons. The molecule has 5 heteroatoms. The van der Waals surface area contributed by atoms with Crippen molar-refractivity contribution in [3.8, 4) is 0 Å². The van der Waals surface area contributed by atoms with Crippen molar-refractivity contribution in [1.82, 2.24) is 15.2 Å².